The Kier molecular flexibility index (Phi) is 2.49. The molecule has 0 aliphatic heterocycles. The Hall–Kier alpha value is -2.35. The highest BCUT2D eigenvalue weighted by Gasteiger charge is 2.06. The molecular formula is C16H14N2. The van der Waals surface area contributed by atoms with Gasteiger partial charge >= 0.3 is 0 Å². The molecule has 0 radical (unpaired) electrons. The lowest BCUT2D eigenvalue weighted by Crippen LogP contribution is -1.93. The van der Waals surface area contributed by atoms with Gasteiger partial charge in [-0.15, -0.1) is 0 Å². The minimum atomic E-state index is 0.777. The summed E-state index contributed by atoms with van der Waals surface area (Å²) in [5.41, 5.74) is 11.1. The number of para-hydroxylation sites is 1. The maximum absolute atomic E-state index is 6.10. The highest BCUT2D eigenvalue weighted by atomic mass is 14.7. The molecule has 0 bridgehead atoms. The summed E-state index contributed by atoms with van der Waals surface area (Å²) >= 11 is 0. The van der Waals surface area contributed by atoms with Gasteiger partial charge in [0.05, 0.1) is 11.2 Å². The molecule has 2 aromatic carbocycles. The van der Waals surface area contributed by atoms with E-state index < -0.39 is 0 Å². The number of anilines is 1. The van der Waals surface area contributed by atoms with Gasteiger partial charge < -0.3 is 5.73 Å². The van der Waals surface area contributed by atoms with Gasteiger partial charge in [0.15, 0.2) is 0 Å². The first-order valence-electron chi connectivity index (χ1n) is 5.97. The number of rotatable bonds is 1. The van der Waals surface area contributed by atoms with Gasteiger partial charge in [-0.05, 0) is 24.6 Å². The van der Waals surface area contributed by atoms with Gasteiger partial charge in [0.2, 0.25) is 0 Å². The predicted octanol–water partition coefficient (Wildman–Crippen LogP) is 3.79. The minimum Gasteiger partial charge on any atom is -0.398 e. The van der Waals surface area contributed by atoms with Crippen molar-refractivity contribution in [3.63, 3.8) is 0 Å². The van der Waals surface area contributed by atoms with Crippen molar-refractivity contribution in [3.8, 4) is 11.3 Å². The summed E-state index contributed by atoms with van der Waals surface area (Å²) in [4.78, 5) is 4.69. The largest absolute Gasteiger partial charge is 0.398 e. The van der Waals surface area contributed by atoms with Crippen LogP contribution in [0.2, 0.25) is 0 Å². The van der Waals surface area contributed by atoms with Crippen LogP contribution in [0, 0.1) is 6.92 Å². The second-order valence-electron chi connectivity index (χ2n) is 4.43. The second kappa shape index (κ2) is 4.15. The zero-order chi connectivity index (χ0) is 12.5. The number of pyridine rings is 1. The number of aryl methyl sites for hydroxylation is 1. The molecule has 88 valence electrons. The number of benzene rings is 2. The molecule has 0 unspecified atom stereocenters. The zero-order valence-electron chi connectivity index (χ0n) is 10.2. The highest BCUT2D eigenvalue weighted by Crippen LogP contribution is 2.27. The molecule has 0 aliphatic carbocycles. The second-order valence-corrected chi connectivity index (χ2v) is 4.43. The quantitative estimate of drug-likeness (QED) is 0.695. The van der Waals surface area contributed by atoms with E-state index in [0.717, 1.165) is 27.8 Å². The molecule has 1 aromatic heterocycles. The van der Waals surface area contributed by atoms with Crippen LogP contribution in [0.4, 0.5) is 5.69 Å². The molecule has 2 N–H and O–H groups in total. The summed E-state index contributed by atoms with van der Waals surface area (Å²) in [7, 11) is 0. The molecule has 18 heavy (non-hydrogen) atoms. The lowest BCUT2D eigenvalue weighted by Gasteiger charge is -2.08. The number of fused-ring (bicyclic) bond motifs is 1. The predicted molar refractivity (Wildman–Crippen MR) is 76.3 cm³/mol. The lowest BCUT2D eigenvalue weighted by atomic mass is 10.0. The fourth-order valence-corrected chi connectivity index (χ4v) is 2.20. The molecule has 0 fully saturated rings. The first-order valence-corrected chi connectivity index (χ1v) is 5.97. The average molecular weight is 234 g/mol. The SMILES string of the molecule is Cc1ccccc1-c1cc(N)c2ccccc2n1. The summed E-state index contributed by atoms with van der Waals surface area (Å²) in [5.74, 6) is 0. The minimum absolute atomic E-state index is 0.777. The first kappa shape index (κ1) is 10.8. The fourth-order valence-electron chi connectivity index (χ4n) is 2.20. The molecule has 0 aliphatic rings. The Morgan fingerprint density at radius 2 is 1.67 bits per heavy atom. The molecule has 3 rings (SSSR count). The van der Waals surface area contributed by atoms with Crippen LogP contribution in [-0.2, 0) is 0 Å². The Labute approximate surface area is 106 Å². The zero-order valence-corrected chi connectivity index (χ0v) is 10.2. The number of hydrogen-bond acceptors (Lipinski definition) is 2. The molecular weight excluding hydrogens is 220 g/mol. The number of nitrogens with two attached hydrogens (primary N) is 1. The van der Waals surface area contributed by atoms with Crippen molar-refractivity contribution in [2.45, 2.75) is 6.92 Å². The van der Waals surface area contributed by atoms with Crippen LogP contribution in [-0.4, -0.2) is 4.98 Å². The molecule has 0 amide bonds. The van der Waals surface area contributed by atoms with Crippen LogP contribution >= 0.6 is 0 Å². The molecule has 1 heterocycles. The Morgan fingerprint density at radius 1 is 0.944 bits per heavy atom. The van der Waals surface area contributed by atoms with Crippen molar-refractivity contribution in [2.75, 3.05) is 5.73 Å². The van der Waals surface area contributed by atoms with E-state index in [1.165, 1.54) is 5.56 Å². The van der Waals surface area contributed by atoms with E-state index in [1.54, 1.807) is 0 Å². The van der Waals surface area contributed by atoms with Crippen molar-refractivity contribution in [2.24, 2.45) is 0 Å². The fraction of sp³-hybridized carbons (Fsp3) is 0.0625. The molecule has 0 spiro atoms. The van der Waals surface area contributed by atoms with Gasteiger partial charge in [-0.25, -0.2) is 4.98 Å². The third-order valence-corrected chi connectivity index (χ3v) is 3.17. The summed E-state index contributed by atoms with van der Waals surface area (Å²) in [6, 6.07) is 18.1. The lowest BCUT2D eigenvalue weighted by molar-refractivity contribution is 1.36. The Balaban J connectivity index is 2.28. The van der Waals surface area contributed by atoms with Crippen LogP contribution in [0.15, 0.2) is 54.6 Å². The van der Waals surface area contributed by atoms with E-state index in [4.69, 9.17) is 5.73 Å². The van der Waals surface area contributed by atoms with Gasteiger partial charge in [-0.3, -0.25) is 0 Å². The summed E-state index contributed by atoms with van der Waals surface area (Å²) < 4.78 is 0. The summed E-state index contributed by atoms with van der Waals surface area (Å²) in [6.45, 7) is 2.09. The normalized spacial score (nSPS) is 10.7. The topological polar surface area (TPSA) is 38.9 Å². The van der Waals surface area contributed by atoms with Gasteiger partial charge in [0, 0.05) is 16.6 Å². The van der Waals surface area contributed by atoms with Crippen molar-refractivity contribution in [1.29, 1.82) is 0 Å². The third-order valence-electron chi connectivity index (χ3n) is 3.17. The number of aromatic nitrogens is 1. The molecule has 3 aromatic rings. The molecule has 0 saturated heterocycles. The maximum Gasteiger partial charge on any atom is 0.0732 e. The highest BCUT2D eigenvalue weighted by molar-refractivity contribution is 5.92. The van der Waals surface area contributed by atoms with E-state index in [1.807, 2.05) is 42.5 Å². The molecule has 0 saturated carbocycles. The number of nitrogens with zero attached hydrogens (tertiary/aromatic N) is 1. The monoisotopic (exact) mass is 234 g/mol. The van der Waals surface area contributed by atoms with Gasteiger partial charge in [0.25, 0.3) is 0 Å². The van der Waals surface area contributed by atoms with Gasteiger partial charge in [-0.1, -0.05) is 42.5 Å². The van der Waals surface area contributed by atoms with Crippen LogP contribution in [0.25, 0.3) is 22.2 Å². The van der Waals surface area contributed by atoms with Crippen LogP contribution < -0.4 is 5.73 Å². The smallest absolute Gasteiger partial charge is 0.0732 e. The van der Waals surface area contributed by atoms with Crippen molar-refractivity contribution in [1.82, 2.24) is 4.98 Å². The van der Waals surface area contributed by atoms with Gasteiger partial charge in [-0.2, -0.15) is 0 Å². The van der Waals surface area contributed by atoms with Crippen LogP contribution in [0.1, 0.15) is 5.56 Å². The Morgan fingerprint density at radius 3 is 2.50 bits per heavy atom. The average Bonchev–Trinajstić information content (AvgIpc) is 2.39. The molecule has 2 heteroatoms. The van der Waals surface area contributed by atoms with Crippen molar-refractivity contribution >= 4 is 16.6 Å². The molecule has 0 atom stereocenters. The van der Waals surface area contributed by atoms with E-state index in [9.17, 15) is 0 Å². The van der Waals surface area contributed by atoms with Gasteiger partial charge in [0.1, 0.15) is 0 Å². The van der Waals surface area contributed by atoms with E-state index >= 15 is 0 Å². The summed E-state index contributed by atoms with van der Waals surface area (Å²) in [6.07, 6.45) is 0. The van der Waals surface area contributed by atoms with Crippen molar-refractivity contribution in [3.05, 3.63) is 60.2 Å². The van der Waals surface area contributed by atoms with E-state index in [2.05, 4.69) is 24.0 Å². The number of hydrogen-bond donors (Lipinski definition) is 1. The van der Waals surface area contributed by atoms with E-state index in [0.29, 0.717) is 0 Å². The Bertz CT molecular complexity index is 717. The van der Waals surface area contributed by atoms with Crippen molar-refractivity contribution < 1.29 is 0 Å². The summed E-state index contributed by atoms with van der Waals surface area (Å²) in [5, 5.41) is 1.01. The van der Waals surface area contributed by atoms with Crippen LogP contribution in [0.3, 0.4) is 0 Å². The standard InChI is InChI=1S/C16H14N2/c1-11-6-2-3-7-12(11)16-10-14(17)13-8-4-5-9-15(13)18-16/h2-10H,1H3,(H2,17,18). The van der Waals surface area contributed by atoms with E-state index in [-0.39, 0.29) is 0 Å². The molecule has 2 nitrogen and oxygen atoms in total. The first-order chi connectivity index (χ1) is 8.75. The van der Waals surface area contributed by atoms with Crippen LogP contribution in [0.5, 0.6) is 0 Å². The number of nitrogen functional groups attached to an aromatic ring is 1. The maximum atomic E-state index is 6.10. The third kappa shape index (κ3) is 1.72.